The van der Waals surface area contributed by atoms with Gasteiger partial charge in [0.1, 0.15) is 16.1 Å². The zero-order chi connectivity index (χ0) is 17.6. The Morgan fingerprint density at radius 3 is 2.28 bits per heavy atom. The van der Waals surface area contributed by atoms with Gasteiger partial charge in [-0.1, -0.05) is 68.3 Å². The Balaban J connectivity index is 2.07. The summed E-state index contributed by atoms with van der Waals surface area (Å²) in [5.41, 5.74) is 2.48. The Morgan fingerprint density at radius 1 is 1.00 bits per heavy atom. The Bertz CT molecular complexity index is 841. The zero-order valence-electron chi connectivity index (χ0n) is 14.3. The summed E-state index contributed by atoms with van der Waals surface area (Å²) >= 11 is 3.63. The van der Waals surface area contributed by atoms with Crippen molar-refractivity contribution in [2.24, 2.45) is 0 Å². The van der Waals surface area contributed by atoms with Gasteiger partial charge in [-0.2, -0.15) is 0 Å². The molecule has 0 aliphatic carbocycles. The van der Waals surface area contributed by atoms with E-state index in [0.29, 0.717) is 12.1 Å². The predicted octanol–water partition coefficient (Wildman–Crippen LogP) is 6.06. The number of hydrogen-bond acceptors (Lipinski definition) is 2. The highest BCUT2D eigenvalue weighted by Gasteiger charge is 2.22. The molecule has 4 heteroatoms. The van der Waals surface area contributed by atoms with Crippen molar-refractivity contribution in [2.45, 2.75) is 32.6 Å². The van der Waals surface area contributed by atoms with Gasteiger partial charge in [-0.25, -0.2) is 4.98 Å². The van der Waals surface area contributed by atoms with Crippen LogP contribution in [0.25, 0.3) is 17.1 Å². The normalized spacial score (nSPS) is 10.8. The van der Waals surface area contributed by atoms with Crippen LogP contribution in [0, 0.1) is 0 Å². The Morgan fingerprint density at radius 2 is 1.64 bits per heavy atom. The molecular weight excluding hydrogens is 376 g/mol. The molecule has 0 atom stereocenters. The summed E-state index contributed by atoms with van der Waals surface area (Å²) in [5, 5.41) is 0. The van der Waals surface area contributed by atoms with E-state index in [2.05, 4.69) is 22.9 Å². The minimum atomic E-state index is 0.0900. The Labute approximate surface area is 156 Å². The molecule has 0 spiro atoms. The molecule has 1 aromatic heterocycles. The fourth-order valence-corrected chi connectivity index (χ4v) is 3.51. The van der Waals surface area contributed by atoms with Gasteiger partial charge in [0.15, 0.2) is 5.78 Å². The maximum absolute atomic E-state index is 12.7. The molecule has 0 saturated carbocycles. The van der Waals surface area contributed by atoms with Crippen LogP contribution in [-0.4, -0.2) is 15.3 Å². The molecule has 0 fully saturated rings. The number of carbonyl (C=O) groups is 1. The van der Waals surface area contributed by atoms with Crippen LogP contribution in [0.15, 0.2) is 65.3 Å². The quantitative estimate of drug-likeness (QED) is 0.359. The number of Topliss-reactive ketones (excluding diaryl/α,β-unsaturated/α-hetero) is 1. The standard InChI is InChI=1S/C21H21BrN2O/c1-2-3-6-15-18(25)19-20(22)24(17-13-9-5-10-14-17)21(23-19)16-11-7-4-8-12-16/h4-5,7-14H,2-3,6,15H2,1H3. The van der Waals surface area contributed by atoms with Crippen molar-refractivity contribution in [3.05, 3.63) is 71.0 Å². The van der Waals surface area contributed by atoms with E-state index in [-0.39, 0.29) is 5.78 Å². The van der Waals surface area contributed by atoms with Gasteiger partial charge >= 0.3 is 0 Å². The average molecular weight is 397 g/mol. The molecule has 2 aromatic carbocycles. The summed E-state index contributed by atoms with van der Waals surface area (Å²) < 4.78 is 2.72. The van der Waals surface area contributed by atoms with Crippen LogP contribution in [0.1, 0.15) is 43.1 Å². The highest BCUT2D eigenvalue weighted by atomic mass is 79.9. The van der Waals surface area contributed by atoms with Crippen molar-refractivity contribution in [1.29, 1.82) is 0 Å². The summed E-state index contributed by atoms with van der Waals surface area (Å²) in [6.45, 7) is 2.14. The fourth-order valence-electron chi connectivity index (χ4n) is 2.83. The monoisotopic (exact) mass is 396 g/mol. The molecule has 3 rings (SSSR count). The van der Waals surface area contributed by atoms with Crippen LogP contribution in [0.3, 0.4) is 0 Å². The third kappa shape index (κ3) is 3.90. The topological polar surface area (TPSA) is 34.9 Å². The number of hydrogen-bond donors (Lipinski definition) is 0. The SMILES string of the molecule is CCCCCC(=O)c1nc(-c2ccccc2)n(-c2ccccc2)c1Br. The first-order valence-electron chi connectivity index (χ1n) is 8.64. The molecule has 0 aliphatic rings. The van der Waals surface area contributed by atoms with Gasteiger partial charge in [0.2, 0.25) is 0 Å². The van der Waals surface area contributed by atoms with E-state index in [1.54, 1.807) is 0 Å². The zero-order valence-corrected chi connectivity index (χ0v) is 15.9. The molecule has 0 bridgehead atoms. The molecule has 0 saturated heterocycles. The number of ketones is 1. The highest BCUT2D eigenvalue weighted by Crippen LogP contribution is 2.31. The number of carbonyl (C=O) groups excluding carboxylic acids is 1. The van der Waals surface area contributed by atoms with E-state index in [4.69, 9.17) is 4.98 Å². The summed E-state index contributed by atoms with van der Waals surface area (Å²) in [6, 6.07) is 20.0. The number of para-hydroxylation sites is 1. The third-order valence-corrected chi connectivity index (χ3v) is 4.87. The molecule has 3 nitrogen and oxygen atoms in total. The number of unbranched alkanes of at least 4 members (excludes halogenated alkanes) is 2. The minimum absolute atomic E-state index is 0.0900. The molecule has 0 unspecified atom stereocenters. The average Bonchev–Trinajstić information content (AvgIpc) is 3.00. The molecule has 0 N–H and O–H groups in total. The van der Waals surface area contributed by atoms with Gasteiger partial charge in [0.25, 0.3) is 0 Å². The second kappa shape index (κ2) is 8.26. The van der Waals surface area contributed by atoms with Crippen LogP contribution in [0.4, 0.5) is 0 Å². The summed E-state index contributed by atoms with van der Waals surface area (Å²) in [5.74, 6) is 0.865. The van der Waals surface area contributed by atoms with Crippen molar-refractivity contribution < 1.29 is 4.79 Å². The van der Waals surface area contributed by atoms with Crippen molar-refractivity contribution >= 4 is 21.7 Å². The Hall–Kier alpha value is -2.20. The summed E-state index contributed by atoms with van der Waals surface area (Å²) in [7, 11) is 0. The van der Waals surface area contributed by atoms with Crippen molar-refractivity contribution in [3.63, 3.8) is 0 Å². The summed E-state index contributed by atoms with van der Waals surface area (Å²) in [6.07, 6.45) is 3.60. The van der Waals surface area contributed by atoms with E-state index in [0.717, 1.165) is 40.9 Å². The van der Waals surface area contributed by atoms with Gasteiger partial charge in [0, 0.05) is 17.7 Å². The van der Waals surface area contributed by atoms with E-state index in [1.807, 2.05) is 65.2 Å². The van der Waals surface area contributed by atoms with E-state index in [1.165, 1.54) is 0 Å². The van der Waals surface area contributed by atoms with Crippen molar-refractivity contribution in [3.8, 4) is 17.1 Å². The molecule has 25 heavy (non-hydrogen) atoms. The van der Waals surface area contributed by atoms with Crippen molar-refractivity contribution in [1.82, 2.24) is 9.55 Å². The van der Waals surface area contributed by atoms with E-state index >= 15 is 0 Å². The fraction of sp³-hybridized carbons (Fsp3) is 0.238. The number of nitrogens with zero attached hydrogens (tertiary/aromatic N) is 2. The first kappa shape index (κ1) is 17.6. The number of benzene rings is 2. The van der Waals surface area contributed by atoms with Gasteiger partial charge in [-0.3, -0.25) is 9.36 Å². The Kier molecular flexibility index (Phi) is 5.82. The van der Waals surface area contributed by atoms with Gasteiger partial charge in [0.05, 0.1) is 0 Å². The van der Waals surface area contributed by atoms with E-state index < -0.39 is 0 Å². The highest BCUT2D eigenvalue weighted by molar-refractivity contribution is 9.10. The molecule has 0 radical (unpaired) electrons. The van der Waals surface area contributed by atoms with Gasteiger partial charge in [-0.05, 0) is 34.5 Å². The maximum atomic E-state index is 12.7. The number of rotatable bonds is 7. The second-order valence-electron chi connectivity index (χ2n) is 5.99. The van der Waals surface area contributed by atoms with Crippen LogP contribution < -0.4 is 0 Å². The van der Waals surface area contributed by atoms with Crippen LogP contribution in [0.5, 0.6) is 0 Å². The van der Waals surface area contributed by atoms with Gasteiger partial charge < -0.3 is 0 Å². The van der Waals surface area contributed by atoms with Crippen molar-refractivity contribution in [2.75, 3.05) is 0 Å². The number of imidazole rings is 1. The lowest BCUT2D eigenvalue weighted by atomic mass is 10.1. The molecule has 1 heterocycles. The summed E-state index contributed by atoms with van der Waals surface area (Å²) in [4.78, 5) is 17.4. The first-order chi connectivity index (χ1) is 12.2. The molecule has 0 aliphatic heterocycles. The third-order valence-electron chi connectivity index (χ3n) is 4.14. The predicted molar refractivity (Wildman–Crippen MR) is 105 cm³/mol. The smallest absolute Gasteiger partial charge is 0.183 e. The largest absolute Gasteiger partial charge is 0.292 e. The van der Waals surface area contributed by atoms with E-state index in [9.17, 15) is 4.79 Å². The molecule has 0 amide bonds. The maximum Gasteiger partial charge on any atom is 0.183 e. The molecular formula is C21H21BrN2O. The van der Waals surface area contributed by atoms with Gasteiger partial charge in [-0.15, -0.1) is 0 Å². The lowest BCUT2D eigenvalue weighted by Crippen LogP contribution is -2.01. The van der Waals surface area contributed by atoms with Crippen LogP contribution in [0.2, 0.25) is 0 Å². The number of halogens is 1. The van der Waals surface area contributed by atoms with Crippen LogP contribution >= 0.6 is 15.9 Å². The number of aromatic nitrogens is 2. The first-order valence-corrected chi connectivity index (χ1v) is 9.44. The minimum Gasteiger partial charge on any atom is -0.292 e. The second-order valence-corrected chi connectivity index (χ2v) is 6.74. The van der Waals surface area contributed by atoms with Crippen LogP contribution in [-0.2, 0) is 0 Å². The molecule has 3 aromatic rings. The lowest BCUT2D eigenvalue weighted by molar-refractivity contribution is 0.0974. The molecule has 128 valence electrons. The lowest BCUT2D eigenvalue weighted by Gasteiger charge is -2.09.